The molecule has 0 unspecified atom stereocenters. The summed E-state index contributed by atoms with van der Waals surface area (Å²) < 4.78 is 3.17. The van der Waals surface area contributed by atoms with E-state index in [4.69, 9.17) is 15.7 Å². The SMILES string of the molecule is Nc1cccc2c1cnn2-c1nc(N2CCN(c3ccc(O)cc3)CC2)nc2c1ncn2CC(=O)O. The van der Waals surface area contributed by atoms with E-state index < -0.39 is 5.97 Å². The Bertz CT molecular complexity index is 1580. The van der Waals surface area contributed by atoms with E-state index in [2.05, 4.69) is 19.9 Å². The molecule has 182 valence electrons. The number of nitrogen functional groups attached to an aromatic ring is 1. The lowest BCUT2D eigenvalue weighted by Gasteiger charge is -2.36. The van der Waals surface area contributed by atoms with Crippen molar-refractivity contribution >= 4 is 45.4 Å². The van der Waals surface area contributed by atoms with Gasteiger partial charge in [-0.3, -0.25) is 4.79 Å². The lowest BCUT2D eigenvalue weighted by Crippen LogP contribution is -2.47. The molecule has 4 heterocycles. The van der Waals surface area contributed by atoms with Crippen LogP contribution in [-0.2, 0) is 11.3 Å². The van der Waals surface area contributed by atoms with Gasteiger partial charge in [0, 0.05) is 42.9 Å². The number of aromatic nitrogens is 6. The van der Waals surface area contributed by atoms with Crippen LogP contribution in [0.5, 0.6) is 5.75 Å². The summed E-state index contributed by atoms with van der Waals surface area (Å²) in [6.07, 6.45) is 3.15. The van der Waals surface area contributed by atoms with Crippen molar-refractivity contribution < 1.29 is 15.0 Å². The van der Waals surface area contributed by atoms with Gasteiger partial charge in [-0.25, -0.2) is 9.67 Å². The number of hydrogen-bond acceptors (Lipinski definition) is 9. The van der Waals surface area contributed by atoms with Gasteiger partial charge in [0.05, 0.1) is 18.0 Å². The number of hydrogen-bond donors (Lipinski definition) is 3. The summed E-state index contributed by atoms with van der Waals surface area (Å²) in [5.74, 6) is 0.177. The zero-order chi connectivity index (χ0) is 24.8. The largest absolute Gasteiger partial charge is 0.508 e. The molecule has 0 saturated carbocycles. The van der Waals surface area contributed by atoms with Crippen molar-refractivity contribution in [3.63, 3.8) is 0 Å². The molecule has 1 aliphatic heterocycles. The predicted molar refractivity (Wildman–Crippen MR) is 135 cm³/mol. The van der Waals surface area contributed by atoms with Gasteiger partial charge < -0.3 is 30.3 Å². The van der Waals surface area contributed by atoms with E-state index in [0.717, 1.165) is 29.7 Å². The number of benzene rings is 2. The summed E-state index contributed by atoms with van der Waals surface area (Å²) in [5, 5.41) is 24.3. The minimum atomic E-state index is -0.990. The molecule has 0 atom stereocenters. The van der Waals surface area contributed by atoms with Gasteiger partial charge in [0.25, 0.3) is 0 Å². The molecule has 1 fully saturated rings. The smallest absolute Gasteiger partial charge is 0.323 e. The van der Waals surface area contributed by atoms with Crippen molar-refractivity contribution in [2.24, 2.45) is 0 Å². The first kappa shape index (κ1) is 21.6. The first-order valence-electron chi connectivity index (χ1n) is 11.4. The highest BCUT2D eigenvalue weighted by Gasteiger charge is 2.24. The van der Waals surface area contributed by atoms with E-state index in [0.29, 0.717) is 41.7 Å². The van der Waals surface area contributed by atoms with Gasteiger partial charge in [-0.1, -0.05) is 6.07 Å². The molecule has 2 aromatic carbocycles. The average molecular weight is 486 g/mol. The van der Waals surface area contributed by atoms with E-state index in [-0.39, 0.29) is 12.3 Å². The number of fused-ring (bicyclic) bond motifs is 2. The maximum absolute atomic E-state index is 11.5. The lowest BCUT2D eigenvalue weighted by molar-refractivity contribution is -0.137. The van der Waals surface area contributed by atoms with Gasteiger partial charge in [-0.2, -0.15) is 15.1 Å². The number of phenols is 1. The monoisotopic (exact) mass is 485 g/mol. The Morgan fingerprint density at radius 2 is 1.75 bits per heavy atom. The molecule has 1 aliphatic rings. The number of nitrogens with two attached hydrogens (primary N) is 1. The summed E-state index contributed by atoms with van der Waals surface area (Å²) >= 11 is 0. The van der Waals surface area contributed by atoms with E-state index in [1.54, 1.807) is 23.0 Å². The molecule has 12 nitrogen and oxygen atoms in total. The Hall–Kier alpha value is -4.87. The molecule has 0 aliphatic carbocycles. The number of aromatic hydroxyl groups is 1. The number of anilines is 3. The Balaban J connectivity index is 1.41. The average Bonchev–Trinajstić information content (AvgIpc) is 3.49. The summed E-state index contributed by atoms with van der Waals surface area (Å²) in [6, 6.07) is 12.7. The van der Waals surface area contributed by atoms with Crippen molar-refractivity contribution in [3.8, 4) is 11.6 Å². The van der Waals surface area contributed by atoms with E-state index in [1.807, 2.05) is 30.3 Å². The van der Waals surface area contributed by atoms with Crippen molar-refractivity contribution in [1.29, 1.82) is 0 Å². The molecule has 5 aromatic rings. The quantitative estimate of drug-likeness (QED) is 0.315. The Labute approximate surface area is 204 Å². The molecule has 36 heavy (non-hydrogen) atoms. The number of piperazine rings is 1. The Kier molecular flexibility index (Phi) is 5.06. The van der Waals surface area contributed by atoms with Crippen molar-refractivity contribution in [1.82, 2.24) is 29.3 Å². The van der Waals surface area contributed by atoms with Crippen LogP contribution in [0.25, 0.3) is 27.9 Å². The molecule has 0 spiro atoms. The van der Waals surface area contributed by atoms with Crippen LogP contribution >= 0.6 is 0 Å². The molecule has 0 radical (unpaired) electrons. The maximum Gasteiger partial charge on any atom is 0.323 e. The predicted octanol–water partition coefficient (Wildman–Crippen LogP) is 1.86. The van der Waals surface area contributed by atoms with Gasteiger partial charge in [0.15, 0.2) is 17.0 Å². The van der Waals surface area contributed by atoms with Crippen LogP contribution in [0.2, 0.25) is 0 Å². The standard InChI is InChI=1S/C24H23N9O3/c25-18-2-1-3-19-17(18)12-27-33(19)23-21-22(32(14-26-21)13-20(35)36)28-24(29-23)31-10-8-30(9-11-31)15-4-6-16(34)7-5-15/h1-7,12,14,34H,8-11,13,25H2,(H,35,36). The molecular weight excluding hydrogens is 462 g/mol. The maximum atomic E-state index is 11.5. The highest BCUT2D eigenvalue weighted by Crippen LogP contribution is 2.28. The van der Waals surface area contributed by atoms with Crippen LogP contribution in [0.1, 0.15) is 0 Å². The zero-order valence-electron chi connectivity index (χ0n) is 19.2. The second-order valence-electron chi connectivity index (χ2n) is 8.61. The number of phenolic OH excluding ortho intramolecular Hbond substituents is 1. The van der Waals surface area contributed by atoms with Crippen molar-refractivity contribution in [3.05, 3.63) is 55.0 Å². The second-order valence-corrected chi connectivity index (χ2v) is 8.61. The number of rotatable bonds is 5. The minimum Gasteiger partial charge on any atom is -0.508 e. The molecule has 3 aromatic heterocycles. The third-order valence-corrected chi connectivity index (χ3v) is 6.36. The molecule has 4 N–H and O–H groups in total. The van der Waals surface area contributed by atoms with Crippen molar-refractivity contribution in [2.45, 2.75) is 6.54 Å². The lowest BCUT2D eigenvalue weighted by atomic mass is 10.2. The summed E-state index contributed by atoms with van der Waals surface area (Å²) in [5.41, 5.74) is 9.42. The molecule has 0 amide bonds. The van der Waals surface area contributed by atoms with Crippen LogP contribution in [0.4, 0.5) is 17.3 Å². The van der Waals surface area contributed by atoms with Crippen LogP contribution < -0.4 is 15.5 Å². The van der Waals surface area contributed by atoms with Crippen LogP contribution in [0.15, 0.2) is 55.0 Å². The van der Waals surface area contributed by atoms with Crippen molar-refractivity contribution in [2.75, 3.05) is 41.7 Å². The van der Waals surface area contributed by atoms with Crippen LogP contribution in [-0.4, -0.2) is 71.7 Å². The third-order valence-electron chi connectivity index (χ3n) is 6.36. The fraction of sp³-hybridized carbons (Fsp3) is 0.208. The number of carbonyl (C=O) groups is 1. The van der Waals surface area contributed by atoms with Gasteiger partial charge in [0.1, 0.15) is 12.3 Å². The third kappa shape index (κ3) is 3.68. The molecule has 1 saturated heterocycles. The zero-order valence-corrected chi connectivity index (χ0v) is 19.2. The summed E-state index contributed by atoms with van der Waals surface area (Å²) in [7, 11) is 0. The summed E-state index contributed by atoms with van der Waals surface area (Å²) in [4.78, 5) is 29.8. The van der Waals surface area contributed by atoms with E-state index >= 15 is 0 Å². The van der Waals surface area contributed by atoms with Gasteiger partial charge in [0.2, 0.25) is 5.95 Å². The fourth-order valence-corrected chi connectivity index (χ4v) is 4.54. The first-order chi connectivity index (χ1) is 17.5. The van der Waals surface area contributed by atoms with Gasteiger partial charge in [-0.15, -0.1) is 0 Å². The first-order valence-corrected chi connectivity index (χ1v) is 11.4. The minimum absolute atomic E-state index is 0.234. The number of carboxylic acids is 1. The number of imidazole rings is 1. The number of nitrogens with zero attached hydrogens (tertiary/aromatic N) is 8. The summed E-state index contributed by atoms with van der Waals surface area (Å²) in [6.45, 7) is 2.51. The Morgan fingerprint density at radius 3 is 2.50 bits per heavy atom. The molecular formula is C24H23N9O3. The van der Waals surface area contributed by atoms with Crippen LogP contribution in [0.3, 0.4) is 0 Å². The van der Waals surface area contributed by atoms with Gasteiger partial charge in [-0.05, 0) is 36.4 Å². The molecule has 0 bridgehead atoms. The van der Waals surface area contributed by atoms with E-state index in [9.17, 15) is 15.0 Å². The fourth-order valence-electron chi connectivity index (χ4n) is 4.54. The Morgan fingerprint density at radius 1 is 1.00 bits per heavy atom. The van der Waals surface area contributed by atoms with Crippen LogP contribution in [0, 0.1) is 0 Å². The molecule has 12 heteroatoms. The number of aliphatic carboxylic acids is 1. The highest BCUT2D eigenvalue weighted by atomic mass is 16.4. The van der Waals surface area contributed by atoms with E-state index in [1.165, 1.54) is 10.9 Å². The molecule has 6 rings (SSSR count). The number of carboxylic acid groups (broad SMARTS) is 1. The topological polar surface area (TPSA) is 151 Å². The van der Waals surface area contributed by atoms with Gasteiger partial charge >= 0.3 is 5.97 Å². The normalized spacial score (nSPS) is 14.1. The highest BCUT2D eigenvalue weighted by molar-refractivity contribution is 5.92. The second kappa shape index (κ2) is 8.41.